The second kappa shape index (κ2) is 5.27. The first kappa shape index (κ1) is 11.4. The smallest absolute Gasteiger partial charge is 0.0194 e. The topological polar surface area (TPSA) is 0 Å². The van der Waals surface area contributed by atoms with Crippen molar-refractivity contribution in [2.45, 2.75) is 20.3 Å². The van der Waals surface area contributed by atoms with E-state index in [2.05, 4.69) is 62.4 Å². The van der Waals surface area contributed by atoms with Crippen molar-refractivity contribution >= 4 is 19.2 Å². The zero-order valence-electron chi connectivity index (χ0n) is 9.83. The van der Waals surface area contributed by atoms with Crippen LogP contribution in [0.1, 0.15) is 18.1 Å². The average molecular weight is 228 g/mol. The lowest BCUT2D eigenvalue weighted by atomic mass is 10.2. The van der Waals surface area contributed by atoms with Gasteiger partial charge in [0.05, 0.1) is 0 Å². The van der Waals surface area contributed by atoms with Crippen LogP contribution in [-0.4, -0.2) is 0 Å². The molecule has 82 valence electrons. The van der Waals surface area contributed by atoms with Crippen LogP contribution in [0.25, 0.3) is 0 Å². The van der Waals surface area contributed by atoms with Gasteiger partial charge in [-0.05, 0) is 29.5 Å². The van der Waals surface area contributed by atoms with Gasteiger partial charge in [-0.2, -0.15) is 0 Å². The maximum atomic E-state index is 2.25. The molecule has 0 N–H and O–H groups in total. The molecule has 0 aromatic heterocycles. The molecule has 0 heterocycles. The van der Waals surface area contributed by atoms with E-state index in [0.29, 0.717) is 0 Å². The molecule has 0 saturated heterocycles. The van der Waals surface area contributed by atoms with E-state index < -0.39 is 0 Å². The number of hydrogen-bond donors (Lipinski definition) is 0. The molecular weight excluding hydrogens is 211 g/mol. The molecule has 2 aromatic carbocycles. The predicted octanol–water partition coefficient (Wildman–Crippen LogP) is 3.19. The summed E-state index contributed by atoms with van der Waals surface area (Å²) in [6.07, 6.45) is 1.12. The third kappa shape index (κ3) is 2.71. The molecular formula is C15H17P. The Morgan fingerprint density at radius 1 is 0.938 bits per heavy atom. The SMILES string of the molecule is CCc1ccccc1Pc1ccc(C)cc1. The molecule has 1 heteroatoms. The Bertz CT molecular complexity index is 457. The van der Waals surface area contributed by atoms with Gasteiger partial charge in [-0.15, -0.1) is 0 Å². The summed E-state index contributed by atoms with van der Waals surface area (Å²) in [5.74, 6) is 0. The summed E-state index contributed by atoms with van der Waals surface area (Å²) in [6.45, 7) is 4.35. The van der Waals surface area contributed by atoms with Crippen molar-refractivity contribution in [3.05, 3.63) is 59.7 Å². The maximum absolute atomic E-state index is 2.25. The van der Waals surface area contributed by atoms with Gasteiger partial charge in [0.25, 0.3) is 0 Å². The lowest BCUT2D eigenvalue weighted by Crippen LogP contribution is -2.08. The van der Waals surface area contributed by atoms with Crippen LogP contribution < -0.4 is 10.6 Å². The molecule has 0 radical (unpaired) electrons. The zero-order valence-corrected chi connectivity index (χ0v) is 10.8. The van der Waals surface area contributed by atoms with Gasteiger partial charge in [-0.25, -0.2) is 0 Å². The van der Waals surface area contributed by atoms with Gasteiger partial charge in [-0.1, -0.05) is 69.6 Å². The van der Waals surface area contributed by atoms with E-state index in [0.717, 1.165) is 15.0 Å². The summed E-state index contributed by atoms with van der Waals surface area (Å²) in [5, 5.41) is 2.90. The monoisotopic (exact) mass is 228 g/mol. The Hall–Kier alpha value is -1.13. The second-order valence-corrected chi connectivity index (χ2v) is 5.37. The highest BCUT2D eigenvalue weighted by atomic mass is 31.1. The Morgan fingerprint density at radius 2 is 1.62 bits per heavy atom. The summed E-state index contributed by atoms with van der Waals surface area (Å²) in [6, 6.07) is 17.6. The molecule has 0 bridgehead atoms. The van der Waals surface area contributed by atoms with Crippen molar-refractivity contribution in [2.24, 2.45) is 0 Å². The lowest BCUT2D eigenvalue weighted by Gasteiger charge is -2.07. The van der Waals surface area contributed by atoms with Crippen LogP contribution in [0.3, 0.4) is 0 Å². The van der Waals surface area contributed by atoms with E-state index in [4.69, 9.17) is 0 Å². The van der Waals surface area contributed by atoms with Crippen LogP contribution in [0.2, 0.25) is 0 Å². The quantitative estimate of drug-likeness (QED) is 0.708. The number of benzene rings is 2. The molecule has 1 unspecified atom stereocenters. The van der Waals surface area contributed by atoms with Crippen LogP contribution >= 0.6 is 8.58 Å². The minimum absolute atomic E-state index is 0.779. The van der Waals surface area contributed by atoms with Crippen molar-refractivity contribution in [3.63, 3.8) is 0 Å². The van der Waals surface area contributed by atoms with Crippen LogP contribution in [0.5, 0.6) is 0 Å². The largest absolute Gasteiger partial charge is 0.0619 e. The third-order valence-electron chi connectivity index (χ3n) is 2.73. The summed E-state index contributed by atoms with van der Waals surface area (Å²) >= 11 is 0. The molecule has 1 atom stereocenters. The second-order valence-electron chi connectivity index (χ2n) is 4.00. The molecule has 16 heavy (non-hydrogen) atoms. The first-order chi connectivity index (χ1) is 7.79. The highest BCUT2D eigenvalue weighted by Crippen LogP contribution is 2.14. The van der Waals surface area contributed by atoms with Gasteiger partial charge in [-0.3, -0.25) is 0 Å². The van der Waals surface area contributed by atoms with Crippen LogP contribution in [0, 0.1) is 6.92 Å². The van der Waals surface area contributed by atoms with E-state index in [9.17, 15) is 0 Å². The number of hydrogen-bond acceptors (Lipinski definition) is 0. The Balaban J connectivity index is 2.23. The maximum Gasteiger partial charge on any atom is -0.0194 e. The predicted molar refractivity (Wildman–Crippen MR) is 74.6 cm³/mol. The van der Waals surface area contributed by atoms with Crippen molar-refractivity contribution in [1.29, 1.82) is 0 Å². The Morgan fingerprint density at radius 3 is 2.31 bits per heavy atom. The molecule has 0 nitrogen and oxygen atoms in total. The fourth-order valence-corrected chi connectivity index (χ4v) is 2.99. The fourth-order valence-electron chi connectivity index (χ4n) is 1.74. The lowest BCUT2D eigenvalue weighted by molar-refractivity contribution is 1.15. The zero-order chi connectivity index (χ0) is 11.4. The van der Waals surface area contributed by atoms with Gasteiger partial charge in [0.1, 0.15) is 0 Å². The van der Waals surface area contributed by atoms with Crippen LogP contribution in [0.4, 0.5) is 0 Å². The molecule has 0 aliphatic carbocycles. The molecule has 0 spiro atoms. The van der Waals surface area contributed by atoms with E-state index in [1.165, 1.54) is 21.7 Å². The average Bonchev–Trinajstić information content (AvgIpc) is 2.33. The Kier molecular flexibility index (Phi) is 3.74. The van der Waals surface area contributed by atoms with Crippen molar-refractivity contribution < 1.29 is 0 Å². The van der Waals surface area contributed by atoms with Gasteiger partial charge in [0.15, 0.2) is 0 Å². The fraction of sp³-hybridized carbons (Fsp3) is 0.200. The van der Waals surface area contributed by atoms with Crippen LogP contribution in [-0.2, 0) is 6.42 Å². The molecule has 0 saturated carbocycles. The van der Waals surface area contributed by atoms with Crippen molar-refractivity contribution in [3.8, 4) is 0 Å². The van der Waals surface area contributed by atoms with Crippen molar-refractivity contribution in [1.82, 2.24) is 0 Å². The molecule has 0 aliphatic heterocycles. The summed E-state index contributed by atoms with van der Waals surface area (Å²) in [4.78, 5) is 0. The van der Waals surface area contributed by atoms with Gasteiger partial charge < -0.3 is 0 Å². The molecule has 2 rings (SSSR count). The summed E-state index contributed by atoms with van der Waals surface area (Å²) in [7, 11) is 0.779. The van der Waals surface area contributed by atoms with Crippen molar-refractivity contribution in [2.75, 3.05) is 0 Å². The summed E-state index contributed by atoms with van der Waals surface area (Å²) < 4.78 is 0. The molecule has 0 aliphatic rings. The standard InChI is InChI=1S/C15H17P/c1-3-13-6-4-5-7-15(13)16-14-10-8-12(2)9-11-14/h4-11,16H,3H2,1-2H3. The Labute approximate surface area is 99.5 Å². The third-order valence-corrected chi connectivity index (χ3v) is 4.11. The van der Waals surface area contributed by atoms with Crippen LogP contribution in [0.15, 0.2) is 48.5 Å². The van der Waals surface area contributed by atoms with E-state index in [-0.39, 0.29) is 0 Å². The number of aryl methyl sites for hydroxylation is 2. The van der Waals surface area contributed by atoms with E-state index in [1.54, 1.807) is 0 Å². The minimum atomic E-state index is 0.779. The van der Waals surface area contributed by atoms with Gasteiger partial charge in [0.2, 0.25) is 0 Å². The highest BCUT2D eigenvalue weighted by molar-refractivity contribution is 7.55. The van der Waals surface area contributed by atoms with Gasteiger partial charge >= 0.3 is 0 Å². The highest BCUT2D eigenvalue weighted by Gasteiger charge is 2.00. The first-order valence-electron chi connectivity index (χ1n) is 5.71. The molecule has 2 aromatic rings. The number of rotatable bonds is 3. The normalized spacial score (nSPS) is 11.1. The van der Waals surface area contributed by atoms with E-state index in [1.807, 2.05) is 0 Å². The van der Waals surface area contributed by atoms with Gasteiger partial charge in [0, 0.05) is 0 Å². The minimum Gasteiger partial charge on any atom is -0.0619 e. The molecule has 0 fully saturated rings. The molecule has 0 amide bonds. The first-order valence-corrected chi connectivity index (χ1v) is 6.71. The van der Waals surface area contributed by atoms with E-state index >= 15 is 0 Å². The summed E-state index contributed by atoms with van der Waals surface area (Å²) in [5.41, 5.74) is 2.80.